The van der Waals surface area contributed by atoms with Crippen molar-refractivity contribution in [3.8, 4) is 0 Å². The maximum atomic E-state index is 12.2. The molecule has 0 atom stereocenters. The zero-order valence-corrected chi connectivity index (χ0v) is 24.2. The predicted octanol–water partition coefficient (Wildman–Crippen LogP) is 3.14. The molecule has 0 saturated heterocycles. The maximum Gasteiger partial charge on any atom is 0.322 e. The number of aliphatic carboxylic acids is 1. The number of amides is 3. The van der Waals surface area contributed by atoms with Gasteiger partial charge in [-0.15, -0.1) is 0 Å². The maximum absolute atomic E-state index is 12.2. The number of benzene rings is 1. The minimum absolute atomic E-state index is 0.00142. The Labute approximate surface area is 231 Å². The van der Waals surface area contributed by atoms with Gasteiger partial charge < -0.3 is 25.8 Å². The van der Waals surface area contributed by atoms with Crippen molar-refractivity contribution >= 4 is 41.4 Å². The molecule has 220 valence electrons. The molecule has 0 aliphatic rings. The largest absolute Gasteiger partial charge is 0.480 e. The molecule has 0 fully saturated rings. The Kier molecular flexibility index (Phi) is 21.6. The van der Waals surface area contributed by atoms with E-state index in [2.05, 4.69) is 10.6 Å². The van der Waals surface area contributed by atoms with E-state index in [1.165, 1.54) is 0 Å². The highest BCUT2D eigenvalue weighted by Crippen LogP contribution is 2.18. The lowest BCUT2D eigenvalue weighted by Gasteiger charge is -2.10. The first kappa shape index (κ1) is 37.6. The number of anilines is 1. The third kappa shape index (κ3) is 20.1. The summed E-state index contributed by atoms with van der Waals surface area (Å²) < 4.78 is 5.33. The fourth-order valence-electron chi connectivity index (χ4n) is 2.82. The van der Waals surface area contributed by atoms with Gasteiger partial charge in [0.05, 0.1) is 13.2 Å². The van der Waals surface area contributed by atoms with Crippen LogP contribution in [0.15, 0.2) is 18.2 Å². The number of ketones is 2. The fourth-order valence-corrected chi connectivity index (χ4v) is 2.82. The van der Waals surface area contributed by atoms with Crippen molar-refractivity contribution < 1.29 is 38.6 Å². The summed E-state index contributed by atoms with van der Waals surface area (Å²) in [5.41, 5.74) is 1.99. The Morgan fingerprint density at radius 3 is 2.03 bits per heavy atom. The van der Waals surface area contributed by atoms with Crippen molar-refractivity contribution in [1.82, 2.24) is 10.6 Å². The summed E-state index contributed by atoms with van der Waals surface area (Å²) in [6.45, 7) is 13.9. The van der Waals surface area contributed by atoms with E-state index in [0.29, 0.717) is 43.8 Å². The number of hydrogen-bond acceptors (Lipinski definition) is 7. The van der Waals surface area contributed by atoms with Crippen LogP contribution in [0.1, 0.15) is 76.7 Å². The standard InChI is InChI=1S/C23H34N2O5.C3H5NO3.C2H6/c1-15(2)20(26)8-10-30-11-9-24-21(27)6-7-22(28)25-19-13-17(5)12-18(14-19)23(29)16(3)4;5-2-4-1-3(6)7;1-2/h12-16H,6-11H2,1-5H3,(H,24,27)(H,25,28);2H,1H2,(H,4,5)(H,6,7);1-2H3. The van der Waals surface area contributed by atoms with E-state index in [0.717, 1.165) is 5.56 Å². The van der Waals surface area contributed by atoms with E-state index in [9.17, 15) is 28.8 Å². The van der Waals surface area contributed by atoms with Gasteiger partial charge in [0.15, 0.2) is 5.78 Å². The van der Waals surface area contributed by atoms with Crippen LogP contribution in [0.5, 0.6) is 0 Å². The van der Waals surface area contributed by atoms with E-state index in [1.54, 1.807) is 18.2 Å². The molecule has 0 aliphatic heterocycles. The number of hydrogen-bond donors (Lipinski definition) is 4. The van der Waals surface area contributed by atoms with E-state index in [4.69, 9.17) is 9.84 Å². The summed E-state index contributed by atoms with van der Waals surface area (Å²) in [5, 5.41) is 15.2. The van der Waals surface area contributed by atoms with Crippen LogP contribution in [0.25, 0.3) is 0 Å². The van der Waals surface area contributed by atoms with E-state index < -0.39 is 5.97 Å². The first-order valence-electron chi connectivity index (χ1n) is 13.1. The number of nitrogens with one attached hydrogen (secondary N) is 3. The predicted molar refractivity (Wildman–Crippen MR) is 150 cm³/mol. The SMILES string of the molecule is CC.Cc1cc(NC(=O)CCC(=O)NCCOCCC(=O)C(C)C)cc(C(=O)C(C)C)c1.O=CNCC(=O)O. The third-order valence-electron chi connectivity index (χ3n) is 4.79. The summed E-state index contributed by atoms with van der Waals surface area (Å²) in [5.74, 6) is -1.52. The van der Waals surface area contributed by atoms with Gasteiger partial charge in [0.2, 0.25) is 18.2 Å². The molecule has 0 aliphatic carbocycles. The zero-order valence-electron chi connectivity index (χ0n) is 24.2. The number of aryl methyl sites for hydroxylation is 1. The van der Waals surface area contributed by atoms with Gasteiger partial charge in [-0.1, -0.05) is 41.5 Å². The van der Waals surface area contributed by atoms with Crippen LogP contribution < -0.4 is 16.0 Å². The number of carboxylic acids is 1. The van der Waals surface area contributed by atoms with Crippen molar-refractivity contribution in [2.24, 2.45) is 11.8 Å². The van der Waals surface area contributed by atoms with Gasteiger partial charge in [-0.05, 0) is 30.7 Å². The van der Waals surface area contributed by atoms with Crippen LogP contribution >= 0.6 is 0 Å². The highest BCUT2D eigenvalue weighted by atomic mass is 16.5. The second-order valence-electron chi connectivity index (χ2n) is 8.88. The molecule has 3 amide bonds. The number of carboxylic acid groups (broad SMARTS) is 1. The van der Waals surface area contributed by atoms with Gasteiger partial charge in [-0.3, -0.25) is 28.8 Å². The lowest BCUT2D eigenvalue weighted by Crippen LogP contribution is -2.28. The Hall–Kier alpha value is -3.60. The molecular weight excluding hydrogens is 506 g/mol. The molecule has 0 unspecified atom stereocenters. The molecule has 0 bridgehead atoms. The third-order valence-corrected chi connectivity index (χ3v) is 4.79. The monoisotopic (exact) mass is 551 g/mol. The first-order chi connectivity index (χ1) is 18.4. The number of rotatable bonds is 16. The van der Waals surface area contributed by atoms with Crippen molar-refractivity contribution in [2.45, 2.75) is 67.7 Å². The molecular formula is C28H45N3O8. The summed E-state index contributed by atoms with van der Waals surface area (Å²) in [7, 11) is 0. The summed E-state index contributed by atoms with van der Waals surface area (Å²) >= 11 is 0. The molecule has 0 heterocycles. The quantitative estimate of drug-likeness (QED) is 0.138. The molecule has 4 N–H and O–H groups in total. The highest BCUT2D eigenvalue weighted by molar-refractivity contribution is 6.00. The van der Waals surface area contributed by atoms with Crippen LogP contribution in [-0.2, 0) is 28.7 Å². The minimum Gasteiger partial charge on any atom is -0.480 e. The molecule has 11 heteroatoms. The van der Waals surface area contributed by atoms with Gasteiger partial charge in [-0.2, -0.15) is 0 Å². The average Bonchev–Trinajstić information content (AvgIpc) is 2.88. The van der Waals surface area contributed by atoms with Crippen LogP contribution in [-0.4, -0.2) is 67.2 Å². The highest BCUT2D eigenvalue weighted by Gasteiger charge is 2.13. The number of Topliss-reactive ketones (excluding diaryl/α,β-unsaturated/α-hetero) is 2. The molecule has 0 radical (unpaired) electrons. The molecule has 0 spiro atoms. The van der Waals surface area contributed by atoms with Gasteiger partial charge in [0, 0.05) is 48.9 Å². The van der Waals surface area contributed by atoms with Gasteiger partial charge in [0.25, 0.3) is 0 Å². The van der Waals surface area contributed by atoms with E-state index >= 15 is 0 Å². The van der Waals surface area contributed by atoms with E-state index in [1.807, 2.05) is 53.8 Å². The van der Waals surface area contributed by atoms with E-state index in [-0.39, 0.29) is 54.6 Å². The van der Waals surface area contributed by atoms with Crippen LogP contribution in [0.3, 0.4) is 0 Å². The summed E-state index contributed by atoms with van der Waals surface area (Å²) in [6.07, 6.45) is 0.807. The second kappa shape index (κ2) is 22.4. The van der Waals surface area contributed by atoms with Gasteiger partial charge in [0.1, 0.15) is 12.3 Å². The molecule has 0 saturated carbocycles. The normalized spacial score (nSPS) is 9.87. The van der Waals surface area contributed by atoms with Crippen molar-refractivity contribution in [3.63, 3.8) is 0 Å². The number of carbonyl (C=O) groups is 6. The van der Waals surface area contributed by atoms with Crippen molar-refractivity contribution in [3.05, 3.63) is 29.3 Å². The molecule has 1 aromatic rings. The molecule has 0 aromatic heterocycles. The fraction of sp³-hybridized carbons (Fsp3) is 0.571. The van der Waals surface area contributed by atoms with Crippen LogP contribution in [0, 0.1) is 18.8 Å². The summed E-state index contributed by atoms with van der Waals surface area (Å²) in [6, 6.07) is 5.25. The minimum atomic E-state index is -1.04. The Morgan fingerprint density at radius 2 is 1.51 bits per heavy atom. The van der Waals surface area contributed by atoms with Crippen molar-refractivity contribution in [2.75, 3.05) is 31.6 Å². The molecule has 11 nitrogen and oxygen atoms in total. The first-order valence-corrected chi connectivity index (χ1v) is 13.1. The van der Waals surface area contributed by atoms with Crippen LogP contribution in [0.2, 0.25) is 0 Å². The summed E-state index contributed by atoms with van der Waals surface area (Å²) in [4.78, 5) is 66.5. The lowest BCUT2D eigenvalue weighted by atomic mass is 9.99. The van der Waals surface area contributed by atoms with Gasteiger partial charge in [-0.25, -0.2) is 0 Å². The van der Waals surface area contributed by atoms with Crippen LogP contribution in [0.4, 0.5) is 5.69 Å². The second-order valence-corrected chi connectivity index (χ2v) is 8.88. The lowest BCUT2D eigenvalue weighted by molar-refractivity contribution is -0.136. The Balaban J connectivity index is 0. The number of carbonyl (C=O) groups excluding carboxylic acids is 5. The number of ether oxygens (including phenoxy) is 1. The molecule has 1 rings (SSSR count). The Morgan fingerprint density at radius 1 is 0.897 bits per heavy atom. The van der Waals surface area contributed by atoms with Gasteiger partial charge >= 0.3 is 5.97 Å². The smallest absolute Gasteiger partial charge is 0.322 e. The van der Waals surface area contributed by atoms with Crippen molar-refractivity contribution in [1.29, 1.82) is 0 Å². The molecule has 39 heavy (non-hydrogen) atoms. The topological polar surface area (TPSA) is 168 Å². The zero-order chi connectivity index (χ0) is 30.4. The Bertz CT molecular complexity index is 929. The average molecular weight is 552 g/mol. The molecule has 1 aromatic carbocycles.